The maximum absolute atomic E-state index is 13.8. The summed E-state index contributed by atoms with van der Waals surface area (Å²) in [5.41, 5.74) is -0.420. The van der Waals surface area contributed by atoms with Gasteiger partial charge in [-0.3, -0.25) is 4.90 Å². The molecule has 3 aliphatic rings. The van der Waals surface area contributed by atoms with Gasteiger partial charge in [0.1, 0.15) is 35.7 Å². The molecule has 1 spiro atoms. The van der Waals surface area contributed by atoms with Crippen LogP contribution in [-0.4, -0.2) is 115 Å². The van der Waals surface area contributed by atoms with Crippen LogP contribution in [0.1, 0.15) is 32.1 Å². The number of nitrogens with one attached hydrogen (secondary N) is 2. The fourth-order valence-corrected chi connectivity index (χ4v) is 8.97. The molecule has 2 aromatic rings. The summed E-state index contributed by atoms with van der Waals surface area (Å²) in [6.45, 7) is 4.72. The van der Waals surface area contributed by atoms with Crippen LogP contribution in [0.3, 0.4) is 0 Å². The lowest BCUT2D eigenvalue weighted by molar-refractivity contribution is -0.0312. The molecule has 2 atom stereocenters. The molecule has 3 aliphatic heterocycles. The van der Waals surface area contributed by atoms with Crippen LogP contribution in [0.15, 0.2) is 56.7 Å². The minimum Gasteiger partial charge on any atom is -0.491 e. The number of likely N-dealkylation sites (tertiary alicyclic amines) is 1. The number of halogens is 1. The van der Waals surface area contributed by atoms with Crippen LogP contribution in [0.2, 0.25) is 0 Å². The highest BCUT2D eigenvalue weighted by Gasteiger charge is 2.45. The molecule has 12 nitrogen and oxygen atoms in total. The van der Waals surface area contributed by atoms with E-state index in [1.165, 1.54) is 36.3 Å². The van der Waals surface area contributed by atoms with E-state index in [0.717, 1.165) is 19.6 Å². The largest absolute Gasteiger partial charge is 0.491 e. The fraction of sp³-hybridized carbons (Fsp3) is 0.600. The summed E-state index contributed by atoms with van der Waals surface area (Å²) in [5, 5.41) is 13.8. The van der Waals surface area contributed by atoms with Gasteiger partial charge < -0.3 is 24.6 Å². The minimum atomic E-state index is -3.78. The number of ether oxygens (including phenoxy) is 3. The summed E-state index contributed by atoms with van der Waals surface area (Å²) in [4.78, 5) is 2.59. The summed E-state index contributed by atoms with van der Waals surface area (Å²) in [6.07, 6.45) is 3.41. The first-order valence-corrected chi connectivity index (χ1v) is 19.1. The number of aliphatic hydroxyl groups is 1. The number of sulfonamides is 2. The summed E-state index contributed by atoms with van der Waals surface area (Å²) < 4.78 is 73.9. The van der Waals surface area contributed by atoms with Crippen molar-refractivity contribution in [2.75, 3.05) is 66.1 Å². The molecule has 45 heavy (non-hydrogen) atoms. The van der Waals surface area contributed by atoms with E-state index in [-0.39, 0.29) is 29.0 Å². The molecule has 5 rings (SSSR count). The van der Waals surface area contributed by atoms with E-state index in [4.69, 9.17) is 14.2 Å². The third kappa shape index (κ3) is 8.76. The van der Waals surface area contributed by atoms with E-state index in [2.05, 4.69) is 30.9 Å². The number of aliphatic hydroxyl groups excluding tert-OH is 1. The summed E-state index contributed by atoms with van der Waals surface area (Å²) in [7, 11) is -6.03. The number of hydrogen-bond donors (Lipinski definition) is 3. The standard InChI is InChI=1S/C30H43BrN4O8S2/c1-32-44(37,38)27-6-4-5-26(18-27)42-22-25(36)20-33-24-19-30(43-21-24)9-13-35(14-10-30)45(39,40)29-17-23(31)7-8-28(29)41-16-15-34-11-2-3-12-34/h4-8,17-18,24-25,32-33,36H,2-3,9-16,19-22H2,1H3/t24?,25-/m0/s1. The maximum Gasteiger partial charge on any atom is 0.246 e. The highest BCUT2D eigenvalue weighted by Crippen LogP contribution is 2.39. The van der Waals surface area contributed by atoms with Crippen LogP contribution < -0.4 is 19.5 Å². The van der Waals surface area contributed by atoms with Crippen LogP contribution in [0, 0.1) is 0 Å². The zero-order valence-electron chi connectivity index (χ0n) is 25.5. The van der Waals surface area contributed by atoms with Gasteiger partial charge in [0.2, 0.25) is 20.0 Å². The molecule has 0 aromatic heterocycles. The van der Waals surface area contributed by atoms with Gasteiger partial charge in [-0.1, -0.05) is 22.0 Å². The number of rotatable bonds is 14. The Morgan fingerprint density at radius 3 is 2.56 bits per heavy atom. The predicted molar refractivity (Wildman–Crippen MR) is 173 cm³/mol. The fourth-order valence-electron chi connectivity index (χ4n) is 6.09. The first-order chi connectivity index (χ1) is 21.5. The monoisotopic (exact) mass is 730 g/mol. The molecule has 0 radical (unpaired) electrons. The van der Waals surface area contributed by atoms with Gasteiger partial charge in [-0.25, -0.2) is 21.6 Å². The Hall–Kier alpha value is -1.82. The Labute approximate surface area is 274 Å². The molecule has 2 aromatic carbocycles. The molecule has 3 N–H and O–H groups in total. The van der Waals surface area contributed by atoms with E-state index in [0.29, 0.717) is 61.5 Å². The van der Waals surface area contributed by atoms with E-state index in [1.54, 1.807) is 30.3 Å². The third-order valence-electron chi connectivity index (χ3n) is 8.70. The quantitative estimate of drug-likeness (QED) is 0.264. The molecule has 3 heterocycles. The number of nitrogens with zero attached hydrogens (tertiary/aromatic N) is 2. The predicted octanol–water partition coefficient (Wildman–Crippen LogP) is 2.17. The highest BCUT2D eigenvalue weighted by atomic mass is 79.9. The number of piperidine rings is 1. The smallest absolute Gasteiger partial charge is 0.246 e. The molecule has 15 heteroatoms. The van der Waals surface area contributed by atoms with Crippen molar-refractivity contribution < 1.29 is 36.2 Å². The van der Waals surface area contributed by atoms with Crippen LogP contribution in [0.25, 0.3) is 0 Å². The van der Waals surface area contributed by atoms with Crippen molar-refractivity contribution in [2.45, 2.75) is 59.6 Å². The van der Waals surface area contributed by atoms with Gasteiger partial charge in [0, 0.05) is 42.8 Å². The van der Waals surface area contributed by atoms with Crippen molar-refractivity contribution in [2.24, 2.45) is 0 Å². The van der Waals surface area contributed by atoms with Crippen LogP contribution in [0.4, 0.5) is 0 Å². The van der Waals surface area contributed by atoms with Gasteiger partial charge >= 0.3 is 0 Å². The molecule has 0 amide bonds. The zero-order valence-corrected chi connectivity index (χ0v) is 28.7. The molecule has 0 saturated carbocycles. The zero-order chi connectivity index (χ0) is 32.1. The minimum absolute atomic E-state index is 0.00703. The van der Waals surface area contributed by atoms with Crippen LogP contribution in [0.5, 0.6) is 11.5 Å². The third-order valence-corrected chi connectivity index (χ3v) is 12.5. The van der Waals surface area contributed by atoms with E-state index < -0.39 is 31.8 Å². The first kappa shape index (κ1) is 34.5. The number of hydrogen-bond acceptors (Lipinski definition) is 10. The molecule has 3 fully saturated rings. The lowest BCUT2D eigenvalue weighted by Crippen LogP contribution is -2.47. The van der Waals surface area contributed by atoms with Crippen LogP contribution in [-0.2, 0) is 24.8 Å². The van der Waals surface area contributed by atoms with Crippen molar-refractivity contribution >= 4 is 36.0 Å². The number of benzene rings is 2. The van der Waals surface area contributed by atoms with Crippen molar-refractivity contribution in [1.82, 2.24) is 19.2 Å². The Morgan fingerprint density at radius 2 is 1.82 bits per heavy atom. The Kier molecular flexibility index (Phi) is 11.5. The molecule has 0 aliphatic carbocycles. The highest BCUT2D eigenvalue weighted by molar-refractivity contribution is 9.10. The molecular formula is C30H43BrN4O8S2. The molecular weight excluding hydrogens is 688 g/mol. The molecule has 250 valence electrons. The molecule has 3 saturated heterocycles. The second-order valence-corrected chi connectivity index (χ2v) is 16.6. The summed E-state index contributed by atoms with van der Waals surface area (Å²) in [5.74, 6) is 0.719. The molecule has 1 unspecified atom stereocenters. The lowest BCUT2D eigenvalue weighted by Gasteiger charge is -2.38. The lowest BCUT2D eigenvalue weighted by atomic mass is 9.88. The summed E-state index contributed by atoms with van der Waals surface area (Å²) >= 11 is 3.43. The SMILES string of the molecule is CNS(=O)(=O)c1cccc(OC[C@@H](O)CNC2COC3(CCN(S(=O)(=O)c4cc(Br)ccc4OCCN4CCCC4)CC3)C2)c1. The second kappa shape index (κ2) is 14.9. The van der Waals surface area contributed by atoms with Crippen molar-refractivity contribution in [3.8, 4) is 11.5 Å². The second-order valence-electron chi connectivity index (χ2n) is 11.8. The van der Waals surface area contributed by atoms with Crippen molar-refractivity contribution in [1.29, 1.82) is 0 Å². The Morgan fingerprint density at radius 1 is 1.07 bits per heavy atom. The van der Waals surface area contributed by atoms with Gasteiger partial charge in [0.15, 0.2) is 0 Å². The van der Waals surface area contributed by atoms with Gasteiger partial charge in [-0.2, -0.15) is 4.31 Å². The van der Waals surface area contributed by atoms with Crippen molar-refractivity contribution in [3.05, 3.63) is 46.9 Å². The van der Waals surface area contributed by atoms with Gasteiger partial charge in [-0.15, -0.1) is 0 Å². The van der Waals surface area contributed by atoms with E-state index in [1.807, 2.05) is 0 Å². The molecule has 0 bridgehead atoms. The van der Waals surface area contributed by atoms with Gasteiger partial charge in [0.05, 0.1) is 17.1 Å². The topological polar surface area (TPSA) is 147 Å². The van der Waals surface area contributed by atoms with Crippen molar-refractivity contribution in [3.63, 3.8) is 0 Å². The Balaban J connectivity index is 1.09. The average molecular weight is 732 g/mol. The normalized spacial score (nSPS) is 21.7. The van der Waals surface area contributed by atoms with Gasteiger partial charge in [0.25, 0.3) is 0 Å². The van der Waals surface area contributed by atoms with E-state index in [9.17, 15) is 21.9 Å². The van der Waals surface area contributed by atoms with Gasteiger partial charge in [-0.05, 0) is 82.6 Å². The maximum atomic E-state index is 13.8. The summed E-state index contributed by atoms with van der Waals surface area (Å²) in [6, 6.07) is 11.2. The Bertz CT molecular complexity index is 1510. The average Bonchev–Trinajstić information content (AvgIpc) is 3.70. The first-order valence-electron chi connectivity index (χ1n) is 15.4. The van der Waals surface area contributed by atoms with Crippen LogP contribution >= 0.6 is 15.9 Å². The van der Waals surface area contributed by atoms with E-state index >= 15 is 0 Å².